The van der Waals surface area contributed by atoms with Crippen molar-refractivity contribution < 1.29 is 19.2 Å². The van der Waals surface area contributed by atoms with Crippen LogP contribution >= 0.6 is 0 Å². The zero-order valence-electron chi connectivity index (χ0n) is 18.1. The molecule has 0 saturated carbocycles. The van der Waals surface area contributed by atoms with E-state index < -0.39 is 10.8 Å². The first-order valence-corrected chi connectivity index (χ1v) is 10.0. The van der Waals surface area contributed by atoms with Gasteiger partial charge in [-0.15, -0.1) is 0 Å². The Kier molecular flexibility index (Phi) is 7.66. The summed E-state index contributed by atoms with van der Waals surface area (Å²) >= 11 is 0. The number of carbonyl (C=O) groups excluding carboxylic acids is 2. The summed E-state index contributed by atoms with van der Waals surface area (Å²) in [7, 11) is 1.42. The molecule has 2 amide bonds. The molecule has 33 heavy (non-hydrogen) atoms. The molecular formula is C23H23N5O5. The Hall–Kier alpha value is -4.31. The topological polar surface area (TPSA) is 135 Å². The number of nitrogens with one attached hydrogen (secondary N) is 3. The lowest BCUT2D eigenvalue weighted by atomic mass is 10.1. The van der Waals surface area contributed by atoms with Crippen LogP contribution in [0.2, 0.25) is 0 Å². The van der Waals surface area contributed by atoms with Crippen molar-refractivity contribution in [2.75, 3.05) is 29.7 Å². The highest BCUT2D eigenvalue weighted by atomic mass is 16.6. The zero-order chi connectivity index (χ0) is 23.8. The average Bonchev–Trinajstić information content (AvgIpc) is 2.81. The first kappa shape index (κ1) is 23.4. The highest BCUT2D eigenvalue weighted by molar-refractivity contribution is 6.05. The van der Waals surface area contributed by atoms with E-state index in [-0.39, 0.29) is 35.5 Å². The third-order valence-corrected chi connectivity index (χ3v) is 4.66. The summed E-state index contributed by atoms with van der Waals surface area (Å²) in [5.41, 5.74) is 1.94. The van der Waals surface area contributed by atoms with E-state index >= 15 is 0 Å². The van der Waals surface area contributed by atoms with Crippen molar-refractivity contribution in [1.82, 2.24) is 4.98 Å². The number of nitrogens with zero attached hydrogens (tertiary/aromatic N) is 2. The number of rotatable bonds is 9. The number of amides is 2. The molecule has 170 valence electrons. The third-order valence-electron chi connectivity index (χ3n) is 4.66. The molecule has 1 aromatic heterocycles. The van der Waals surface area contributed by atoms with Gasteiger partial charge >= 0.3 is 0 Å². The van der Waals surface area contributed by atoms with Gasteiger partial charge in [-0.1, -0.05) is 6.07 Å². The van der Waals surface area contributed by atoms with Crippen LogP contribution in [0.5, 0.6) is 0 Å². The summed E-state index contributed by atoms with van der Waals surface area (Å²) in [6.45, 7) is 1.77. The molecule has 0 aliphatic heterocycles. The number of nitro benzene ring substituents is 1. The first-order valence-electron chi connectivity index (χ1n) is 10.0. The van der Waals surface area contributed by atoms with Gasteiger partial charge in [-0.25, -0.2) is 0 Å². The maximum Gasteiger partial charge on any atom is 0.293 e. The van der Waals surface area contributed by atoms with E-state index in [0.717, 1.165) is 5.69 Å². The summed E-state index contributed by atoms with van der Waals surface area (Å²) < 4.78 is 4.76. The fourth-order valence-corrected chi connectivity index (χ4v) is 3.05. The van der Waals surface area contributed by atoms with Crippen LogP contribution in [-0.4, -0.2) is 35.4 Å². The monoisotopic (exact) mass is 449 g/mol. The predicted molar refractivity (Wildman–Crippen MR) is 124 cm³/mol. The summed E-state index contributed by atoms with van der Waals surface area (Å²) in [6, 6.07) is 15.9. The van der Waals surface area contributed by atoms with Gasteiger partial charge in [-0.05, 0) is 55.5 Å². The summed E-state index contributed by atoms with van der Waals surface area (Å²) in [6.07, 6.45) is 1.65. The van der Waals surface area contributed by atoms with E-state index in [4.69, 9.17) is 4.74 Å². The van der Waals surface area contributed by atoms with Gasteiger partial charge in [0.2, 0.25) is 5.91 Å². The molecule has 3 aromatic rings. The molecule has 0 bridgehead atoms. The van der Waals surface area contributed by atoms with Crippen molar-refractivity contribution in [3.8, 4) is 0 Å². The minimum absolute atomic E-state index is 0.0667. The molecule has 1 heterocycles. The van der Waals surface area contributed by atoms with E-state index in [0.29, 0.717) is 11.4 Å². The van der Waals surface area contributed by atoms with Crippen LogP contribution in [0.4, 0.5) is 22.7 Å². The number of benzene rings is 2. The van der Waals surface area contributed by atoms with Crippen LogP contribution in [0.3, 0.4) is 0 Å². The lowest BCUT2D eigenvalue weighted by Gasteiger charge is -2.15. The summed E-state index contributed by atoms with van der Waals surface area (Å²) in [4.78, 5) is 39.5. The number of anilines is 3. The average molecular weight is 449 g/mol. The molecule has 1 unspecified atom stereocenters. The van der Waals surface area contributed by atoms with E-state index in [2.05, 4.69) is 20.9 Å². The Bertz CT molecular complexity index is 1140. The molecule has 0 aliphatic carbocycles. The molecule has 1 atom stereocenters. The van der Waals surface area contributed by atoms with Crippen LogP contribution in [0.15, 0.2) is 66.9 Å². The van der Waals surface area contributed by atoms with Crippen molar-refractivity contribution in [2.45, 2.75) is 13.0 Å². The largest absolute Gasteiger partial charge is 0.375 e. The Balaban J connectivity index is 1.71. The van der Waals surface area contributed by atoms with Crippen LogP contribution in [0.25, 0.3) is 0 Å². The number of nitro groups is 1. The van der Waals surface area contributed by atoms with E-state index in [1.807, 2.05) is 19.1 Å². The van der Waals surface area contributed by atoms with Crippen molar-refractivity contribution in [3.63, 3.8) is 0 Å². The van der Waals surface area contributed by atoms with Gasteiger partial charge in [-0.2, -0.15) is 0 Å². The van der Waals surface area contributed by atoms with Gasteiger partial charge in [0.15, 0.2) is 0 Å². The van der Waals surface area contributed by atoms with Gasteiger partial charge in [-0.3, -0.25) is 24.7 Å². The molecule has 3 rings (SSSR count). The second kappa shape index (κ2) is 10.8. The minimum Gasteiger partial charge on any atom is -0.375 e. The van der Waals surface area contributed by atoms with Gasteiger partial charge in [0.25, 0.3) is 11.6 Å². The molecule has 10 heteroatoms. The van der Waals surface area contributed by atoms with Gasteiger partial charge in [0.05, 0.1) is 16.7 Å². The number of carbonyl (C=O) groups is 2. The number of aromatic nitrogens is 1. The maximum absolute atomic E-state index is 12.6. The first-order chi connectivity index (χ1) is 15.9. The molecule has 2 aromatic carbocycles. The molecule has 0 aliphatic rings. The lowest BCUT2D eigenvalue weighted by Crippen LogP contribution is -2.17. The standard InChI is InChI=1S/C23H23N5O5/c1-15(19-5-3-4-12-24-19)25-20-11-6-16(13-21(20)28(31)32)23(30)27-18-9-7-17(8-10-18)26-22(29)14-33-2/h3-13,15,25H,14H2,1-2H3,(H,26,29)(H,27,30). The Morgan fingerprint density at radius 2 is 1.76 bits per heavy atom. The quantitative estimate of drug-likeness (QED) is 0.332. The SMILES string of the molecule is COCC(=O)Nc1ccc(NC(=O)c2ccc(NC(C)c3ccccn3)c([N+](=O)[O-])c2)cc1. The highest BCUT2D eigenvalue weighted by Gasteiger charge is 2.20. The van der Waals surface area contributed by atoms with E-state index in [9.17, 15) is 19.7 Å². The van der Waals surface area contributed by atoms with Crippen LogP contribution < -0.4 is 16.0 Å². The predicted octanol–water partition coefficient (Wildman–Crippen LogP) is 4.00. The molecule has 0 fully saturated rings. The normalized spacial score (nSPS) is 11.3. The third kappa shape index (κ3) is 6.34. The van der Waals surface area contributed by atoms with Crippen molar-refractivity contribution in [2.24, 2.45) is 0 Å². The van der Waals surface area contributed by atoms with Crippen LogP contribution in [0.1, 0.15) is 29.0 Å². The van der Waals surface area contributed by atoms with E-state index in [1.165, 1.54) is 25.3 Å². The molecule has 3 N–H and O–H groups in total. The molecular weight excluding hydrogens is 426 g/mol. The fourth-order valence-electron chi connectivity index (χ4n) is 3.05. The maximum atomic E-state index is 12.6. The number of ether oxygens (including phenoxy) is 1. The minimum atomic E-state index is -0.540. The van der Waals surface area contributed by atoms with Crippen molar-refractivity contribution in [3.05, 3.63) is 88.2 Å². The van der Waals surface area contributed by atoms with Crippen LogP contribution in [0, 0.1) is 10.1 Å². The zero-order valence-corrected chi connectivity index (χ0v) is 18.1. The number of hydrogen-bond donors (Lipinski definition) is 3. The molecule has 0 radical (unpaired) electrons. The second-order valence-electron chi connectivity index (χ2n) is 7.12. The second-order valence-corrected chi connectivity index (χ2v) is 7.12. The Labute approximate surface area is 190 Å². The lowest BCUT2D eigenvalue weighted by molar-refractivity contribution is -0.384. The van der Waals surface area contributed by atoms with Gasteiger partial charge in [0.1, 0.15) is 12.3 Å². The number of hydrogen-bond acceptors (Lipinski definition) is 7. The Morgan fingerprint density at radius 1 is 1.06 bits per heavy atom. The van der Waals surface area contributed by atoms with E-state index in [1.54, 1.807) is 36.5 Å². The Morgan fingerprint density at radius 3 is 2.36 bits per heavy atom. The summed E-state index contributed by atoms with van der Waals surface area (Å²) in [5, 5.41) is 20.0. The van der Waals surface area contributed by atoms with Crippen LogP contribution in [-0.2, 0) is 9.53 Å². The van der Waals surface area contributed by atoms with Gasteiger partial charge < -0.3 is 20.7 Å². The summed E-state index contributed by atoms with van der Waals surface area (Å²) in [5.74, 6) is -0.800. The highest BCUT2D eigenvalue weighted by Crippen LogP contribution is 2.29. The number of methoxy groups -OCH3 is 1. The van der Waals surface area contributed by atoms with Gasteiger partial charge in [0, 0.05) is 36.3 Å². The smallest absolute Gasteiger partial charge is 0.293 e. The molecule has 0 saturated heterocycles. The fraction of sp³-hybridized carbons (Fsp3) is 0.174. The van der Waals surface area contributed by atoms with Crippen molar-refractivity contribution >= 4 is 34.6 Å². The molecule has 0 spiro atoms. The molecule has 10 nitrogen and oxygen atoms in total. The van der Waals surface area contributed by atoms with Crippen molar-refractivity contribution in [1.29, 1.82) is 0 Å². The number of pyridine rings is 1.